The molecule has 0 spiro atoms. The van der Waals surface area contributed by atoms with Crippen molar-refractivity contribution in [2.75, 3.05) is 13.1 Å². The first-order valence-corrected chi connectivity index (χ1v) is 6.57. The molecule has 1 saturated carbocycles. The van der Waals surface area contributed by atoms with Crippen LogP contribution in [0.3, 0.4) is 0 Å². The second kappa shape index (κ2) is 4.48. The average Bonchev–Trinajstić information content (AvgIpc) is 2.02. The van der Waals surface area contributed by atoms with Crippen molar-refractivity contribution >= 4 is 6.09 Å². The molecular formula is C13H24N2O2. The van der Waals surface area contributed by atoms with E-state index in [2.05, 4.69) is 0 Å². The Balaban J connectivity index is 1.63. The highest BCUT2D eigenvalue weighted by atomic mass is 16.6. The van der Waals surface area contributed by atoms with Crippen molar-refractivity contribution in [1.82, 2.24) is 4.90 Å². The molecule has 2 rings (SSSR count). The summed E-state index contributed by atoms with van der Waals surface area (Å²) in [4.78, 5) is 13.5. The average molecular weight is 240 g/mol. The molecule has 1 aliphatic carbocycles. The molecule has 1 saturated heterocycles. The minimum Gasteiger partial charge on any atom is -0.444 e. The normalized spacial score (nSPS) is 29.5. The van der Waals surface area contributed by atoms with Gasteiger partial charge in [0.1, 0.15) is 5.60 Å². The number of nitrogens with two attached hydrogens (primary N) is 1. The predicted molar refractivity (Wildman–Crippen MR) is 66.6 cm³/mol. The van der Waals surface area contributed by atoms with Gasteiger partial charge in [0.25, 0.3) is 0 Å². The molecule has 0 radical (unpaired) electrons. The van der Waals surface area contributed by atoms with Crippen LogP contribution in [0.4, 0.5) is 4.79 Å². The molecule has 98 valence electrons. The molecule has 1 heterocycles. The van der Waals surface area contributed by atoms with Crippen molar-refractivity contribution in [3.8, 4) is 0 Å². The summed E-state index contributed by atoms with van der Waals surface area (Å²) in [5.41, 5.74) is 5.38. The number of ether oxygens (including phenoxy) is 1. The Morgan fingerprint density at radius 1 is 1.29 bits per heavy atom. The molecular weight excluding hydrogens is 216 g/mol. The summed E-state index contributed by atoms with van der Waals surface area (Å²) in [5.74, 6) is 1.47. The number of amides is 1. The summed E-state index contributed by atoms with van der Waals surface area (Å²) in [6.45, 7) is 7.43. The number of nitrogens with zero attached hydrogens (tertiary/aromatic N) is 1. The molecule has 2 fully saturated rings. The number of carbonyl (C=O) groups excluding carboxylic acids is 1. The summed E-state index contributed by atoms with van der Waals surface area (Å²) in [6.07, 6.45) is 3.40. The minimum atomic E-state index is -0.386. The van der Waals surface area contributed by atoms with Gasteiger partial charge in [-0.3, -0.25) is 0 Å². The maximum Gasteiger partial charge on any atom is 0.410 e. The molecule has 0 aromatic rings. The Kier molecular flexibility index (Phi) is 3.34. The number of hydrogen-bond acceptors (Lipinski definition) is 3. The van der Waals surface area contributed by atoms with Crippen LogP contribution in [0.2, 0.25) is 0 Å². The van der Waals surface area contributed by atoms with E-state index in [9.17, 15) is 4.79 Å². The highest BCUT2D eigenvalue weighted by Gasteiger charge is 2.37. The monoisotopic (exact) mass is 240 g/mol. The number of carbonyl (C=O) groups is 1. The number of hydrogen-bond donors (Lipinski definition) is 1. The molecule has 0 atom stereocenters. The van der Waals surface area contributed by atoms with E-state index in [1.54, 1.807) is 4.90 Å². The smallest absolute Gasteiger partial charge is 0.410 e. The molecule has 0 bridgehead atoms. The fourth-order valence-electron chi connectivity index (χ4n) is 2.65. The Morgan fingerprint density at radius 2 is 1.88 bits per heavy atom. The van der Waals surface area contributed by atoms with E-state index >= 15 is 0 Å². The summed E-state index contributed by atoms with van der Waals surface area (Å²) in [7, 11) is 0. The van der Waals surface area contributed by atoms with Crippen LogP contribution in [0.1, 0.15) is 40.0 Å². The van der Waals surface area contributed by atoms with E-state index in [1.807, 2.05) is 20.8 Å². The summed E-state index contributed by atoms with van der Waals surface area (Å²) < 4.78 is 5.32. The third-order valence-electron chi connectivity index (χ3n) is 3.55. The largest absolute Gasteiger partial charge is 0.444 e. The first kappa shape index (κ1) is 12.7. The Bertz CT molecular complexity index is 286. The van der Waals surface area contributed by atoms with E-state index in [0.29, 0.717) is 12.0 Å². The van der Waals surface area contributed by atoms with Gasteiger partial charge in [0, 0.05) is 19.1 Å². The van der Waals surface area contributed by atoms with Crippen LogP contribution in [0, 0.1) is 11.8 Å². The summed E-state index contributed by atoms with van der Waals surface area (Å²) in [6, 6.07) is 0.432. The maximum atomic E-state index is 11.7. The Morgan fingerprint density at radius 3 is 2.35 bits per heavy atom. The zero-order valence-electron chi connectivity index (χ0n) is 11.1. The van der Waals surface area contributed by atoms with Crippen molar-refractivity contribution in [2.24, 2.45) is 17.6 Å². The quantitative estimate of drug-likeness (QED) is 0.803. The van der Waals surface area contributed by atoms with Gasteiger partial charge in [-0.1, -0.05) is 0 Å². The minimum absolute atomic E-state index is 0.168. The lowest BCUT2D eigenvalue weighted by molar-refractivity contribution is -0.00713. The van der Waals surface area contributed by atoms with Crippen LogP contribution in [-0.4, -0.2) is 35.7 Å². The zero-order valence-corrected chi connectivity index (χ0v) is 11.1. The van der Waals surface area contributed by atoms with Crippen LogP contribution < -0.4 is 5.73 Å². The first-order chi connectivity index (χ1) is 7.83. The topological polar surface area (TPSA) is 55.6 Å². The van der Waals surface area contributed by atoms with E-state index in [-0.39, 0.29) is 11.7 Å². The Hall–Kier alpha value is -0.770. The molecule has 0 aromatic heterocycles. The third kappa shape index (κ3) is 3.35. The molecule has 1 aliphatic heterocycles. The van der Waals surface area contributed by atoms with Gasteiger partial charge in [-0.15, -0.1) is 0 Å². The lowest BCUT2D eigenvalue weighted by Crippen LogP contribution is -2.53. The van der Waals surface area contributed by atoms with Gasteiger partial charge in [0.2, 0.25) is 0 Å². The first-order valence-electron chi connectivity index (χ1n) is 6.57. The fraction of sp³-hybridized carbons (Fsp3) is 0.923. The molecule has 0 aromatic carbocycles. The number of likely N-dealkylation sites (tertiary alicyclic amines) is 1. The van der Waals surface area contributed by atoms with Gasteiger partial charge >= 0.3 is 6.09 Å². The fourth-order valence-corrected chi connectivity index (χ4v) is 2.65. The second-order valence-electron chi connectivity index (χ2n) is 6.58. The molecule has 0 unspecified atom stereocenters. The molecule has 17 heavy (non-hydrogen) atoms. The molecule has 2 N–H and O–H groups in total. The van der Waals surface area contributed by atoms with Gasteiger partial charge in [-0.05, 0) is 51.9 Å². The molecule has 1 amide bonds. The van der Waals surface area contributed by atoms with Gasteiger partial charge in [-0.25, -0.2) is 4.79 Å². The highest BCUT2D eigenvalue weighted by molar-refractivity contribution is 5.69. The van der Waals surface area contributed by atoms with Gasteiger partial charge in [0.15, 0.2) is 0 Å². The van der Waals surface area contributed by atoms with E-state index in [1.165, 1.54) is 19.3 Å². The zero-order chi connectivity index (χ0) is 12.6. The summed E-state index contributed by atoms with van der Waals surface area (Å²) in [5, 5.41) is 0. The second-order valence-corrected chi connectivity index (χ2v) is 6.58. The van der Waals surface area contributed by atoms with Crippen LogP contribution in [0.25, 0.3) is 0 Å². The standard InChI is InChI=1S/C13H24N2O2/c1-13(2,3)17-12(16)15-7-10(8-15)4-9-5-11(14)6-9/h9-11H,4-8,14H2,1-3H3. The number of rotatable bonds is 2. The van der Waals surface area contributed by atoms with Crippen molar-refractivity contribution < 1.29 is 9.53 Å². The van der Waals surface area contributed by atoms with E-state index < -0.39 is 0 Å². The van der Waals surface area contributed by atoms with Gasteiger partial charge in [-0.2, -0.15) is 0 Å². The lowest BCUT2D eigenvalue weighted by atomic mass is 9.74. The van der Waals surface area contributed by atoms with Gasteiger partial charge < -0.3 is 15.4 Å². The van der Waals surface area contributed by atoms with Crippen molar-refractivity contribution in [3.63, 3.8) is 0 Å². The van der Waals surface area contributed by atoms with Crippen molar-refractivity contribution in [1.29, 1.82) is 0 Å². The van der Waals surface area contributed by atoms with Crippen molar-refractivity contribution in [2.45, 2.75) is 51.7 Å². The van der Waals surface area contributed by atoms with E-state index in [4.69, 9.17) is 10.5 Å². The van der Waals surface area contributed by atoms with Gasteiger partial charge in [0.05, 0.1) is 0 Å². The SMILES string of the molecule is CC(C)(C)OC(=O)N1CC(CC2CC(N)C2)C1. The maximum absolute atomic E-state index is 11.7. The molecule has 4 heteroatoms. The lowest BCUT2D eigenvalue weighted by Gasteiger charge is -2.43. The van der Waals surface area contributed by atoms with E-state index in [0.717, 1.165) is 19.0 Å². The van der Waals surface area contributed by atoms with Crippen LogP contribution >= 0.6 is 0 Å². The van der Waals surface area contributed by atoms with Crippen molar-refractivity contribution in [3.05, 3.63) is 0 Å². The summed E-state index contributed by atoms with van der Waals surface area (Å²) >= 11 is 0. The highest BCUT2D eigenvalue weighted by Crippen LogP contribution is 2.34. The predicted octanol–water partition coefficient (Wildman–Crippen LogP) is 1.98. The van der Waals surface area contributed by atoms with Crippen LogP contribution in [-0.2, 0) is 4.74 Å². The molecule has 2 aliphatic rings. The third-order valence-corrected chi connectivity index (χ3v) is 3.55. The van der Waals surface area contributed by atoms with Crippen LogP contribution in [0.15, 0.2) is 0 Å². The van der Waals surface area contributed by atoms with Crippen LogP contribution in [0.5, 0.6) is 0 Å². The molecule has 4 nitrogen and oxygen atoms in total. The Labute approximate surface area is 103 Å².